The first-order valence-electron chi connectivity index (χ1n) is 6.69. The third-order valence-electron chi connectivity index (χ3n) is 4.03. The molecule has 2 atom stereocenters. The standard InChI is InChI=1S/C13H21NO4/c1-2-18-8-13(5-6-13)12(17)14-10-4-3-9(7-10)11(15)16/h9-10H,2-8H2,1H3,(H,14,17)(H,15,16)/t9-,10+/m1/s1. The van der Waals surface area contributed by atoms with E-state index in [9.17, 15) is 9.59 Å². The van der Waals surface area contributed by atoms with Gasteiger partial charge in [0.1, 0.15) is 0 Å². The molecule has 5 heteroatoms. The topological polar surface area (TPSA) is 75.6 Å². The summed E-state index contributed by atoms with van der Waals surface area (Å²) in [5.41, 5.74) is -0.322. The molecule has 2 N–H and O–H groups in total. The third kappa shape index (κ3) is 2.83. The van der Waals surface area contributed by atoms with E-state index in [4.69, 9.17) is 9.84 Å². The fourth-order valence-electron chi connectivity index (χ4n) is 2.56. The van der Waals surface area contributed by atoms with Crippen molar-refractivity contribution in [1.29, 1.82) is 0 Å². The Morgan fingerprint density at radius 2 is 2.11 bits per heavy atom. The lowest BCUT2D eigenvalue weighted by Gasteiger charge is -2.19. The van der Waals surface area contributed by atoms with E-state index < -0.39 is 5.97 Å². The minimum atomic E-state index is -0.748. The summed E-state index contributed by atoms with van der Waals surface area (Å²) in [6, 6.07) is 0.0256. The Kier molecular flexibility index (Phi) is 3.90. The summed E-state index contributed by atoms with van der Waals surface area (Å²) >= 11 is 0. The lowest BCUT2D eigenvalue weighted by molar-refractivity contribution is -0.141. The number of hydrogen-bond acceptors (Lipinski definition) is 3. The zero-order chi connectivity index (χ0) is 13.2. The Labute approximate surface area is 107 Å². The summed E-state index contributed by atoms with van der Waals surface area (Å²) in [5.74, 6) is -0.994. The van der Waals surface area contributed by atoms with E-state index in [0.717, 1.165) is 19.3 Å². The van der Waals surface area contributed by atoms with Gasteiger partial charge in [-0.05, 0) is 39.0 Å². The molecule has 1 amide bonds. The molecule has 0 aliphatic heterocycles. The van der Waals surface area contributed by atoms with Crippen LogP contribution in [0.15, 0.2) is 0 Å². The van der Waals surface area contributed by atoms with Crippen molar-refractivity contribution in [2.24, 2.45) is 11.3 Å². The van der Waals surface area contributed by atoms with Gasteiger partial charge in [0.2, 0.25) is 5.91 Å². The van der Waals surface area contributed by atoms with Crippen LogP contribution < -0.4 is 5.32 Å². The fraction of sp³-hybridized carbons (Fsp3) is 0.846. The van der Waals surface area contributed by atoms with Gasteiger partial charge < -0.3 is 15.2 Å². The van der Waals surface area contributed by atoms with Crippen molar-refractivity contribution >= 4 is 11.9 Å². The Morgan fingerprint density at radius 1 is 1.39 bits per heavy atom. The highest BCUT2D eigenvalue weighted by molar-refractivity contribution is 5.85. The third-order valence-corrected chi connectivity index (χ3v) is 4.03. The van der Waals surface area contributed by atoms with Crippen molar-refractivity contribution in [2.45, 2.75) is 45.1 Å². The first kappa shape index (κ1) is 13.3. The molecule has 0 saturated heterocycles. The summed E-state index contributed by atoms with van der Waals surface area (Å²) < 4.78 is 5.35. The molecular formula is C13H21NO4. The maximum absolute atomic E-state index is 12.1. The molecule has 2 aliphatic rings. The van der Waals surface area contributed by atoms with Crippen molar-refractivity contribution in [3.05, 3.63) is 0 Å². The summed E-state index contributed by atoms with van der Waals surface area (Å²) in [7, 11) is 0. The number of carbonyl (C=O) groups excluding carboxylic acids is 1. The van der Waals surface area contributed by atoms with Crippen molar-refractivity contribution < 1.29 is 19.4 Å². The van der Waals surface area contributed by atoms with Crippen LogP contribution in [-0.4, -0.2) is 36.2 Å². The molecule has 18 heavy (non-hydrogen) atoms. The highest BCUT2D eigenvalue weighted by atomic mass is 16.5. The van der Waals surface area contributed by atoms with Crippen molar-refractivity contribution in [3.8, 4) is 0 Å². The van der Waals surface area contributed by atoms with Crippen LogP contribution in [-0.2, 0) is 14.3 Å². The molecule has 0 spiro atoms. The van der Waals surface area contributed by atoms with Gasteiger partial charge in [0, 0.05) is 12.6 Å². The summed E-state index contributed by atoms with van der Waals surface area (Å²) in [5, 5.41) is 11.9. The molecule has 0 heterocycles. The summed E-state index contributed by atoms with van der Waals surface area (Å²) in [6.45, 7) is 3.03. The monoisotopic (exact) mass is 255 g/mol. The van der Waals surface area contributed by atoms with Crippen LogP contribution in [0.1, 0.15) is 39.0 Å². The van der Waals surface area contributed by atoms with E-state index in [-0.39, 0.29) is 23.3 Å². The first-order valence-corrected chi connectivity index (χ1v) is 6.69. The van der Waals surface area contributed by atoms with Crippen LogP contribution in [0.2, 0.25) is 0 Å². The number of carbonyl (C=O) groups is 2. The van der Waals surface area contributed by atoms with Crippen LogP contribution in [0, 0.1) is 11.3 Å². The Morgan fingerprint density at radius 3 is 2.61 bits per heavy atom. The molecule has 0 unspecified atom stereocenters. The minimum absolute atomic E-state index is 0.0256. The van der Waals surface area contributed by atoms with Crippen LogP contribution in [0.5, 0.6) is 0 Å². The number of carboxylic acid groups (broad SMARTS) is 1. The molecule has 0 aromatic carbocycles. The van der Waals surface area contributed by atoms with E-state index >= 15 is 0 Å². The number of hydrogen-bond donors (Lipinski definition) is 2. The second-order valence-electron chi connectivity index (χ2n) is 5.44. The number of amides is 1. The minimum Gasteiger partial charge on any atom is -0.481 e. The molecule has 0 radical (unpaired) electrons. The van der Waals surface area contributed by atoms with Gasteiger partial charge in [-0.15, -0.1) is 0 Å². The van der Waals surface area contributed by atoms with E-state index in [2.05, 4.69) is 5.32 Å². The molecule has 2 fully saturated rings. The van der Waals surface area contributed by atoms with Crippen molar-refractivity contribution in [1.82, 2.24) is 5.32 Å². The average Bonchev–Trinajstić information content (AvgIpc) is 2.99. The summed E-state index contributed by atoms with van der Waals surface area (Å²) in [6.07, 6.45) is 3.76. The SMILES string of the molecule is CCOCC1(C(=O)N[C@H]2CC[C@@H](C(=O)O)C2)CC1. The lowest BCUT2D eigenvalue weighted by Crippen LogP contribution is -2.40. The van der Waals surface area contributed by atoms with E-state index in [1.165, 1.54) is 0 Å². The molecule has 2 saturated carbocycles. The van der Waals surface area contributed by atoms with Gasteiger partial charge in [0.15, 0.2) is 0 Å². The molecular weight excluding hydrogens is 234 g/mol. The predicted octanol–water partition coefficient (Wildman–Crippen LogP) is 1.17. The van der Waals surface area contributed by atoms with Gasteiger partial charge >= 0.3 is 5.97 Å². The fourth-order valence-corrected chi connectivity index (χ4v) is 2.56. The van der Waals surface area contributed by atoms with Crippen molar-refractivity contribution in [2.75, 3.05) is 13.2 Å². The van der Waals surface area contributed by atoms with Gasteiger partial charge in [0.05, 0.1) is 17.9 Å². The number of aliphatic carboxylic acids is 1. The van der Waals surface area contributed by atoms with Crippen LogP contribution in [0.25, 0.3) is 0 Å². The van der Waals surface area contributed by atoms with Crippen LogP contribution >= 0.6 is 0 Å². The van der Waals surface area contributed by atoms with Gasteiger partial charge in [-0.2, -0.15) is 0 Å². The Hall–Kier alpha value is -1.10. The molecule has 0 aromatic heterocycles. The average molecular weight is 255 g/mol. The number of rotatable bonds is 6. The molecule has 2 rings (SSSR count). The van der Waals surface area contributed by atoms with Gasteiger partial charge in [-0.3, -0.25) is 9.59 Å². The normalized spacial score (nSPS) is 28.9. The highest BCUT2D eigenvalue weighted by Crippen LogP contribution is 2.46. The second-order valence-corrected chi connectivity index (χ2v) is 5.44. The first-order chi connectivity index (χ1) is 8.57. The largest absolute Gasteiger partial charge is 0.481 e. The number of carboxylic acids is 1. The summed E-state index contributed by atoms with van der Waals surface area (Å²) in [4.78, 5) is 23.0. The zero-order valence-corrected chi connectivity index (χ0v) is 10.8. The Balaban J connectivity index is 1.80. The molecule has 102 valence electrons. The Bertz CT molecular complexity index is 338. The van der Waals surface area contributed by atoms with E-state index in [0.29, 0.717) is 26.1 Å². The smallest absolute Gasteiger partial charge is 0.306 e. The van der Waals surface area contributed by atoms with Crippen LogP contribution in [0.4, 0.5) is 0 Å². The number of nitrogens with one attached hydrogen (secondary N) is 1. The van der Waals surface area contributed by atoms with Crippen LogP contribution in [0.3, 0.4) is 0 Å². The molecule has 2 aliphatic carbocycles. The maximum Gasteiger partial charge on any atom is 0.306 e. The van der Waals surface area contributed by atoms with Crippen molar-refractivity contribution in [3.63, 3.8) is 0 Å². The predicted molar refractivity (Wildman–Crippen MR) is 65.1 cm³/mol. The lowest BCUT2D eigenvalue weighted by atomic mass is 10.1. The maximum atomic E-state index is 12.1. The van der Waals surface area contributed by atoms with Gasteiger partial charge in [-0.25, -0.2) is 0 Å². The molecule has 0 bridgehead atoms. The highest BCUT2D eigenvalue weighted by Gasteiger charge is 2.50. The van der Waals surface area contributed by atoms with E-state index in [1.807, 2.05) is 6.92 Å². The second kappa shape index (κ2) is 5.26. The zero-order valence-electron chi connectivity index (χ0n) is 10.8. The molecule has 0 aromatic rings. The van der Waals surface area contributed by atoms with Gasteiger partial charge in [-0.1, -0.05) is 0 Å². The van der Waals surface area contributed by atoms with E-state index in [1.54, 1.807) is 0 Å². The van der Waals surface area contributed by atoms with Gasteiger partial charge in [0.25, 0.3) is 0 Å². The molecule has 5 nitrogen and oxygen atoms in total. The quantitative estimate of drug-likeness (QED) is 0.747. The number of ether oxygens (including phenoxy) is 1.